The lowest BCUT2D eigenvalue weighted by atomic mass is 10.2. The van der Waals surface area contributed by atoms with Crippen LogP contribution in [0.15, 0.2) is 48.5 Å². The standard InChI is InChI=1S/C29H38N8O3/c1-19(2)30-27-33-26(34-28(35-27)37-23-11-12-24(37)18-39-17-23)20-5-7-21(8-6-20)31-29(38)32-22-9-13-25(14-10-22)40-16-15-36(3)4/h5-10,13-14,19,23-24H,11-12,15-18H2,1-4H3,(H2,31,32,38)(H,30,33,34,35). The fourth-order valence-corrected chi connectivity index (χ4v) is 4.86. The number of carbonyl (C=O) groups is 1. The van der Waals surface area contributed by atoms with Crippen LogP contribution < -0.4 is 25.6 Å². The molecule has 1 aromatic heterocycles. The molecule has 2 aliphatic rings. The Bertz CT molecular complexity index is 1270. The number of urea groups is 1. The van der Waals surface area contributed by atoms with Crippen molar-refractivity contribution in [3.8, 4) is 17.1 Å². The summed E-state index contributed by atoms with van der Waals surface area (Å²) in [5, 5.41) is 9.06. The summed E-state index contributed by atoms with van der Waals surface area (Å²) >= 11 is 0. The molecule has 0 aliphatic carbocycles. The van der Waals surface area contributed by atoms with E-state index in [9.17, 15) is 4.79 Å². The first-order valence-electron chi connectivity index (χ1n) is 13.8. The third-order valence-corrected chi connectivity index (χ3v) is 6.83. The molecular formula is C29H38N8O3. The molecule has 2 amide bonds. The molecule has 2 unspecified atom stereocenters. The van der Waals surface area contributed by atoms with Gasteiger partial charge in [0.05, 0.1) is 25.3 Å². The van der Waals surface area contributed by atoms with E-state index < -0.39 is 0 Å². The average molecular weight is 547 g/mol. The molecule has 11 nitrogen and oxygen atoms in total. The van der Waals surface area contributed by atoms with Crippen molar-refractivity contribution in [2.75, 3.05) is 61.3 Å². The molecule has 2 aromatic carbocycles. The molecule has 212 valence electrons. The lowest BCUT2D eigenvalue weighted by Gasteiger charge is -2.34. The van der Waals surface area contributed by atoms with Crippen LogP contribution in [0.2, 0.25) is 0 Å². The Morgan fingerprint density at radius 1 is 0.975 bits per heavy atom. The van der Waals surface area contributed by atoms with E-state index in [0.717, 1.165) is 30.7 Å². The highest BCUT2D eigenvalue weighted by Crippen LogP contribution is 2.33. The Balaban J connectivity index is 1.24. The van der Waals surface area contributed by atoms with Crippen molar-refractivity contribution in [2.45, 2.75) is 44.8 Å². The van der Waals surface area contributed by atoms with Crippen LogP contribution in [0.3, 0.4) is 0 Å². The highest BCUT2D eigenvalue weighted by Gasteiger charge is 2.39. The fourth-order valence-electron chi connectivity index (χ4n) is 4.86. The number of fused-ring (bicyclic) bond motifs is 2. The monoisotopic (exact) mass is 546 g/mol. The van der Waals surface area contributed by atoms with Crippen molar-refractivity contribution in [1.29, 1.82) is 0 Å². The van der Waals surface area contributed by atoms with Gasteiger partial charge in [-0.05, 0) is 89.3 Å². The molecule has 5 rings (SSSR count). The molecule has 0 radical (unpaired) electrons. The normalized spacial score (nSPS) is 18.2. The summed E-state index contributed by atoms with van der Waals surface area (Å²) in [6.45, 7) is 6.94. The molecule has 3 N–H and O–H groups in total. The summed E-state index contributed by atoms with van der Waals surface area (Å²) in [5.74, 6) is 2.58. The minimum absolute atomic E-state index is 0.182. The van der Waals surface area contributed by atoms with Crippen molar-refractivity contribution in [3.63, 3.8) is 0 Å². The summed E-state index contributed by atoms with van der Waals surface area (Å²) in [6, 6.07) is 15.2. The first-order valence-corrected chi connectivity index (χ1v) is 13.8. The Morgan fingerprint density at radius 2 is 1.60 bits per heavy atom. The average Bonchev–Trinajstić information content (AvgIpc) is 3.17. The zero-order chi connectivity index (χ0) is 28.1. The van der Waals surface area contributed by atoms with Gasteiger partial charge in [0, 0.05) is 29.5 Å². The molecule has 11 heteroatoms. The number of aromatic nitrogens is 3. The van der Waals surface area contributed by atoms with Crippen LogP contribution in [0.25, 0.3) is 11.4 Å². The van der Waals surface area contributed by atoms with Gasteiger partial charge in [-0.15, -0.1) is 0 Å². The van der Waals surface area contributed by atoms with Gasteiger partial charge in [-0.25, -0.2) is 4.79 Å². The number of morpholine rings is 1. The van der Waals surface area contributed by atoms with Gasteiger partial charge in [0.25, 0.3) is 0 Å². The zero-order valence-electron chi connectivity index (χ0n) is 23.6. The van der Waals surface area contributed by atoms with E-state index in [1.54, 1.807) is 0 Å². The number of carbonyl (C=O) groups excluding carboxylic acids is 1. The minimum Gasteiger partial charge on any atom is -0.492 e. The molecule has 0 spiro atoms. The number of hydrogen-bond donors (Lipinski definition) is 3. The van der Waals surface area contributed by atoms with E-state index in [0.29, 0.717) is 48.9 Å². The molecule has 3 aromatic rings. The molecule has 2 aliphatic heterocycles. The van der Waals surface area contributed by atoms with E-state index >= 15 is 0 Å². The largest absolute Gasteiger partial charge is 0.492 e. The molecule has 2 saturated heterocycles. The first-order chi connectivity index (χ1) is 19.3. The minimum atomic E-state index is -0.331. The molecule has 2 atom stereocenters. The number of amides is 2. The summed E-state index contributed by atoms with van der Waals surface area (Å²) in [6.07, 6.45) is 2.16. The van der Waals surface area contributed by atoms with Crippen LogP contribution in [-0.4, -0.2) is 84.5 Å². The zero-order valence-corrected chi connectivity index (χ0v) is 23.6. The number of ether oxygens (including phenoxy) is 2. The Morgan fingerprint density at radius 3 is 2.20 bits per heavy atom. The van der Waals surface area contributed by atoms with E-state index in [2.05, 4.69) is 44.6 Å². The van der Waals surface area contributed by atoms with Gasteiger partial charge in [-0.3, -0.25) is 0 Å². The van der Waals surface area contributed by atoms with E-state index in [1.165, 1.54) is 0 Å². The smallest absolute Gasteiger partial charge is 0.323 e. The topological polar surface area (TPSA) is 117 Å². The van der Waals surface area contributed by atoms with Gasteiger partial charge in [-0.1, -0.05) is 0 Å². The summed E-state index contributed by atoms with van der Waals surface area (Å²) in [5.41, 5.74) is 2.17. The van der Waals surface area contributed by atoms with Crippen molar-refractivity contribution in [2.24, 2.45) is 0 Å². The maximum atomic E-state index is 12.6. The lowest BCUT2D eigenvalue weighted by molar-refractivity contribution is 0.0897. The van der Waals surface area contributed by atoms with Crippen LogP contribution >= 0.6 is 0 Å². The van der Waals surface area contributed by atoms with E-state index in [4.69, 9.17) is 19.4 Å². The van der Waals surface area contributed by atoms with E-state index in [1.807, 2.05) is 62.6 Å². The van der Waals surface area contributed by atoms with Gasteiger partial charge in [0.15, 0.2) is 5.82 Å². The molecule has 0 saturated carbocycles. The maximum absolute atomic E-state index is 12.6. The van der Waals surface area contributed by atoms with Crippen LogP contribution in [0, 0.1) is 0 Å². The van der Waals surface area contributed by atoms with Crippen LogP contribution in [0.1, 0.15) is 26.7 Å². The van der Waals surface area contributed by atoms with Gasteiger partial charge in [0.2, 0.25) is 11.9 Å². The molecule has 40 heavy (non-hydrogen) atoms. The predicted molar refractivity (Wildman–Crippen MR) is 157 cm³/mol. The molecule has 2 bridgehead atoms. The number of benzene rings is 2. The van der Waals surface area contributed by atoms with Crippen LogP contribution in [0.5, 0.6) is 5.75 Å². The number of nitrogens with one attached hydrogen (secondary N) is 3. The quantitative estimate of drug-likeness (QED) is 0.342. The Hall–Kier alpha value is -3.96. The van der Waals surface area contributed by atoms with Crippen molar-refractivity contribution >= 4 is 29.3 Å². The molecular weight excluding hydrogens is 508 g/mol. The van der Waals surface area contributed by atoms with E-state index in [-0.39, 0.29) is 24.2 Å². The van der Waals surface area contributed by atoms with Crippen LogP contribution in [-0.2, 0) is 4.74 Å². The van der Waals surface area contributed by atoms with Crippen molar-refractivity contribution in [1.82, 2.24) is 19.9 Å². The third-order valence-electron chi connectivity index (χ3n) is 6.83. The number of hydrogen-bond acceptors (Lipinski definition) is 9. The fraction of sp³-hybridized carbons (Fsp3) is 0.448. The number of rotatable bonds is 10. The molecule has 3 heterocycles. The Labute approximate surface area is 235 Å². The van der Waals surface area contributed by atoms with Crippen LogP contribution in [0.4, 0.5) is 28.1 Å². The number of likely N-dealkylation sites (N-methyl/N-ethyl adjacent to an activating group) is 1. The van der Waals surface area contributed by atoms with Gasteiger partial charge >= 0.3 is 6.03 Å². The SMILES string of the molecule is CC(C)Nc1nc(-c2ccc(NC(=O)Nc3ccc(OCCN(C)C)cc3)cc2)nc(N2C3CCC2COC3)n1. The van der Waals surface area contributed by atoms with Crippen molar-refractivity contribution < 1.29 is 14.3 Å². The maximum Gasteiger partial charge on any atom is 0.323 e. The van der Waals surface area contributed by atoms with Crippen molar-refractivity contribution in [3.05, 3.63) is 48.5 Å². The summed E-state index contributed by atoms with van der Waals surface area (Å²) < 4.78 is 11.5. The predicted octanol–water partition coefficient (Wildman–Crippen LogP) is 4.31. The number of anilines is 4. The number of nitrogens with zero attached hydrogens (tertiary/aromatic N) is 5. The summed E-state index contributed by atoms with van der Waals surface area (Å²) in [4.78, 5) is 31.2. The van der Waals surface area contributed by atoms with Gasteiger partial charge < -0.3 is 35.2 Å². The second-order valence-electron chi connectivity index (χ2n) is 10.7. The Kier molecular flexibility index (Phi) is 8.61. The van der Waals surface area contributed by atoms with Gasteiger partial charge in [0.1, 0.15) is 12.4 Å². The third kappa shape index (κ3) is 6.97. The highest BCUT2D eigenvalue weighted by atomic mass is 16.5. The van der Waals surface area contributed by atoms with Gasteiger partial charge in [-0.2, -0.15) is 15.0 Å². The first kappa shape index (κ1) is 27.6. The second kappa shape index (κ2) is 12.5. The molecule has 2 fully saturated rings. The lowest BCUT2D eigenvalue weighted by Crippen LogP contribution is -2.47. The second-order valence-corrected chi connectivity index (χ2v) is 10.7. The summed E-state index contributed by atoms with van der Waals surface area (Å²) in [7, 11) is 4.00. The highest BCUT2D eigenvalue weighted by molar-refractivity contribution is 5.99.